The first-order valence-corrected chi connectivity index (χ1v) is 6.89. The average molecular weight is 227 g/mol. The summed E-state index contributed by atoms with van der Waals surface area (Å²) in [5, 5.41) is 12.7. The van der Waals surface area contributed by atoms with Gasteiger partial charge in [0.25, 0.3) is 0 Å². The van der Waals surface area contributed by atoms with E-state index in [-0.39, 0.29) is 12.0 Å². The molecule has 16 heavy (non-hydrogen) atoms. The molecule has 1 aliphatic carbocycles. The number of rotatable bonds is 6. The van der Waals surface area contributed by atoms with Crippen LogP contribution in [0.25, 0.3) is 0 Å². The average Bonchev–Trinajstić information content (AvgIpc) is 2.29. The van der Waals surface area contributed by atoms with Crippen molar-refractivity contribution < 1.29 is 5.11 Å². The van der Waals surface area contributed by atoms with Gasteiger partial charge in [-0.2, -0.15) is 0 Å². The smallest absolute Gasteiger partial charge is 0.0494 e. The molecule has 0 aromatic carbocycles. The molecule has 0 spiro atoms. The van der Waals surface area contributed by atoms with E-state index >= 15 is 0 Å². The Labute approximate surface area is 101 Å². The highest BCUT2D eigenvalue weighted by molar-refractivity contribution is 4.76. The molecule has 2 N–H and O–H groups in total. The van der Waals surface area contributed by atoms with Gasteiger partial charge >= 0.3 is 0 Å². The van der Waals surface area contributed by atoms with Crippen molar-refractivity contribution in [1.82, 2.24) is 5.32 Å². The Morgan fingerprint density at radius 3 is 2.56 bits per heavy atom. The van der Waals surface area contributed by atoms with Gasteiger partial charge < -0.3 is 10.4 Å². The van der Waals surface area contributed by atoms with Gasteiger partial charge in [0, 0.05) is 18.6 Å². The second-order valence-corrected chi connectivity index (χ2v) is 6.26. The van der Waals surface area contributed by atoms with Crippen LogP contribution >= 0.6 is 0 Å². The molecular formula is C14H29NO. The number of aliphatic hydroxyl groups excluding tert-OH is 1. The molecule has 0 saturated heterocycles. The largest absolute Gasteiger partial charge is 0.396 e. The fraction of sp³-hybridized carbons (Fsp3) is 1.00. The minimum absolute atomic E-state index is 0.0266. The molecule has 96 valence electrons. The molecule has 0 aromatic rings. The lowest BCUT2D eigenvalue weighted by Gasteiger charge is -2.30. The Morgan fingerprint density at radius 2 is 1.94 bits per heavy atom. The molecule has 1 fully saturated rings. The molecule has 0 bridgehead atoms. The molecule has 0 amide bonds. The van der Waals surface area contributed by atoms with E-state index in [1.54, 1.807) is 0 Å². The molecule has 0 radical (unpaired) electrons. The SMILES string of the molecule is CCC1CCCC(CNCC(C)(C)CO)C1. The predicted octanol–water partition coefficient (Wildman–Crippen LogP) is 2.81. The third-order valence-electron chi connectivity index (χ3n) is 3.93. The highest BCUT2D eigenvalue weighted by Crippen LogP contribution is 2.30. The molecule has 2 atom stereocenters. The van der Waals surface area contributed by atoms with E-state index in [9.17, 15) is 5.11 Å². The van der Waals surface area contributed by atoms with E-state index in [4.69, 9.17) is 0 Å². The quantitative estimate of drug-likeness (QED) is 0.731. The topological polar surface area (TPSA) is 32.3 Å². The maximum Gasteiger partial charge on any atom is 0.0494 e. The summed E-state index contributed by atoms with van der Waals surface area (Å²) >= 11 is 0. The standard InChI is InChI=1S/C14H29NO/c1-4-12-6-5-7-13(8-12)9-15-10-14(2,3)11-16/h12-13,15-16H,4-11H2,1-3H3. The molecule has 1 rings (SSSR count). The second kappa shape index (κ2) is 6.61. The Balaban J connectivity index is 2.17. The van der Waals surface area contributed by atoms with Crippen LogP contribution in [0.3, 0.4) is 0 Å². The van der Waals surface area contributed by atoms with Crippen LogP contribution in [0.2, 0.25) is 0 Å². The number of hydrogen-bond donors (Lipinski definition) is 2. The van der Waals surface area contributed by atoms with Crippen molar-refractivity contribution in [3.05, 3.63) is 0 Å². The molecule has 1 aliphatic rings. The summed E-state index contributed by atoms with van der Waals surface area (Å²) in [5.74, 6) is 1.83. The first kappa shape index (κ1) is 14.0. The Hall–Kier alpha value is -0.0800. The Kier molecular flexibility index (Phi) is 5.77. The van der Waals surface area contributed by atoms with E-state index in [1.807, 2.05) is 0 Å². The van der Waals surface area contributed by atoms with Gasteiger partial charge in [0.15, 0.2) is 0 Å². The van der Waals surface area contributed by atoms with Crippen molar-refractivity contribution >= 4 is 0 Å². The summed E-state index contributed by atoms with van der Waals surface area (Å²) in [4.78, 5) is 0. The van der Waals surface area contributed by atoms with Crippen molar-refractivity contribution in [3.8, 4) is 0 Å². The fourth-order valence-corrected chi connectivity index (χ4v) is 2.63. The molecular weight excluding hydrogens is 198 g/mol. The van der Waals surface area contributed by atoms with Gasteiger partial charge in [0.1, 0.15) is 0 Å². The molecule has 1 saturated carbocycles. The van der Waals surface area contributed by atoms with Gasteiger partial charge in [-0.3, -0.25) is 0 Å². The lowest BCUT2D eigenvalue weighted by molar-refractivity contribution is 0.152. The fourth-order valence-electron chi connectivity index (χ4n) is 2.63. The van der Waals surface area contributed by atoms with Gasteiger partial charge in [-0.1, -0.05) is 40.0 Å². The van der Waals surface area contributed by atoms with Crippen LogP contribution in [0.4, 0.5) is 0 Å². The van der Waals surface area contributed by atoms with Gasteiger partial charge in [0.05, 0.1) is 0 Å². The molecule has 0 aromatic heterocycles. The third kappa shape index (κ3) is 4.84. The molecule has 2 nitrogen and oxygen atoms in total. The minimum atomic E-state index is 0.0266. The van der Waals surface area contributed by atoms with Crippen molar-refractivity contribution in [1.29, 1.82) is 0 Å². The van der Waals surface area contributed by atoms with E-state index < -0.39 is 0 Å². The van der Waals surface area contributed by atoms with E-state index in [2.05, 4.69) is 26.1 Å². The van der Waals surface area contributed by atoms with Gasteiger partial charge in [-0.05, 0) is 31.2 Å². The maximum atomic E-state index is 9.17. The summed E-state index contributed by atoms with van der Waals surface area (Å²) in [5.41, 5.74) is 0.0266. The van der Waals surface area contributed by atoms with Crippen LogP contribution in [0.1, 0.15) is 52.9 Å². The van der Waals surface area contributed by atoms with Crippen molar-refractivity contribution in [2.24, 2.45) is 17.3 Å². The van der Waals surface area contributed by atoms with Crippen LogP contribution in [0.15, 0.2) is 0 Å². The summed E-state index contributed by atoms with van der Waals surface area (Å²) in [6.45, 7) is 8.86. The predicted molar refractivity (Wildman–Crippen MR) is 69.5 cm³/mol. The van der Waals surface area contributed by atoms with Crippen molar-refractivity contribution in [2.45, 2.75) is 52.9 Å². The van der Waals surface area contributed by atoms with Crippen molar-refractivity contribution in [2.75, 3.05) is 19.7 Å². The first-order valence-electron chi connectivity index (χ1n) is 6.89. The molecule has 2 heteroatoms. The van der Waals surface area contributed by atoms with Crippen LogP contribution in [-0.2, 0) is 0 Å². The maximum absolute atomic E-state index is 9.17. The normalized spacial score (nSPS) is 27.0. The molecule has 0 aliphatic heterocycles. The summed E-state index contributed by atoms with van der Waals surface area (Å²) in [6.07, 6.45) is 6.99. The van der Waals surface area contributed by atoms with E-state index in [0.717, 1.165) is 24.9 Å². The van der Waals surface area contributed by atoms with Crippen LogP contribution in [0.5, 0.6) is 0 Å². The van der Waals surface area contributed by atoms with Crippen molar-refractivity contribution in [3.63, 3.8) is 0 Å². The number of aliphatic hydroxyl groups is 1. The first-order chi connectivity index (χ1) is 7.57. The zero-order chi connectivity index (χ0) is 12.0. The lowest BCUT2D eigenvalue weighted by atomic mass is 9.80. The highest BCUT2D eigenvalue weighted by Gasteiger charge is 2.21. The number of hydrogen-bond acceptors (Lipinski definition) is 2. The minimum Gasteiger partial charge on any atom is -0.396 e. The van der Waals surface area contributed by atoms with Crippen LogP contribution < -0.4 is 5.32 Å². The number of nitrogens with one attached hydrogen (secondary N) is 1. The summed E-state index contributed by atoms with van der Waals surface area (Å²) in [7, 11) is 0. The lowest BCUT2D eigenvalue weighted by Crippen LogP contribution is -2.36. The van der Waals surface area contributed by atoms with Gasteiger partial charge in [0.2, 0.25) is 0 Å². The molecule has 2 unspecified atom stereocenters. The third-order valence-corrected chi connectivity index (χ3v) is 3.93. The monoisotopic (exact) mass is 227 g/mol. The van der Waals surface area contributed by atoms with E-state index in [0.29, 0.717) is 0 Å². The second-order valence-electron chi connectivity index (χ2n) is 6.26. The molecule has 0 heterocycles. The Bertz CT molecular complexity index is 191. The highest BCUT2D eigenvalue weighted by atomic mass is 16.3. The zero-order valence-electron chi connectivity index (χ0n) is 11.3. The summed E-state index contributed by atoms with van der Waals surface area (Å²) < 4.78 is 0. The van der Waals surface area contributed by atoms with Gasteiger partial charge in [-0.15, -0.1) is 0 Å². The van der Waals surface area contributed by atoms with Gasteiger partial charge in [-0.25, -0.2) is 0 Å². The Morgan fingerprint density at radius 1 is 1.25 bits per heavy atom. The zero-order valence-corrected chi connectivity index (χ0v) is 11.3. The summed E-state index contributed by atoms with van der Waals surface area (Å²) in [6, 6.07) is 0. The van der Waals surface area contributed by atoms with E-state index in [1.165, 1.54) is 32.1 Å². The van der Waals surface area contributed by atoms with Crippen LogP contribution in [0, 0.1) is 17.3 Å². The van der Waals surface area contributed by atoms with Crippen LogP contribution in [-0.4, -0.2) is 24.8 Å².